The number of rotatable bonds is 5. The van der Waals surface area contributed by atoms with E-state index in [1.54, 1.807) is 0 Å². The number of nitrogens with zero attached hydrogens (tertiary/aromatic N) is 1. The molecule has 0 radical (unpaired) electrons. The van der Waals surface area contributed by atoms with Gasteiger partial charge in [0.2, 0.25) is 0 Å². The third-order valence-corrected chi connectivity index (χ3v) is 2.36. The summed E-state index contributed by atoms with van der Waals surface area (Å²) in [5.41, 5.74) is 6.09. The van der Waals surface area contributed by atoms with Gasteiger partial charge in [-0.25, -0.2) is 0 Å². The third-order valence-electron chi connectivity index (χ3n) is 2.36. The first-order chi connectivity index (χ1) is 8.62. The van der Waals surface area contributed by atoms with Crippen LogP contribution >= 0.6 is 0 Å². The van der Waals surface area contributed by atoms with Crippen molar-refractivity contribution >= 4 is 11.7 Å². The number of amides is 1. The zero-order chi connectivity index (χ0) is 13.5. The number of nitrogens with one attached hydrogen (secondary N) is 1. The number of hydrogen-bond acceptors (Lipinski definition) is 5. The molecule has 1 atom stereocenters. The van der Waals surface area contributed by atoms with Crippen molar-refractivity contribution in [1.82, 2.24) is 5.32 Å². The molecule has 0 unspecified atom stereocenters. The molecule has 0 saturated heterocycles. The Balaban J connectivity index is 2.75. The predicted octanol–water partition coefficient (Wildman–Crippen LogP) is -0.823. The van der Waals surface area contributed by atoms with E-state index in [-0.39, 0.29) is 6.54 Å². The number of benzene rings is 1. The van der Waals surface area contributed by atoms with Gasteiger partial charge in [0, 0.05) is 12.1 Å². The number of ketones is 1. The lowest BCUT2D eigenvalue weighted by Gasteiger charge is -2.14. The summed E-state index contributed by atoms with van der Waals surface area (Å²) in [5, 5.41) is 19.7. The Bertz CT molecular complexity index is 476. The predicted molar refractivity (Wildman–Crippen MR) is 63.6 cm³/mol. The van der Waals surface area contributed by atoms with Crippen molar-refractivity contribution in [2.45, 2.75) is 6.04 Å². The highest BCUT2D eigenvalue weighted by atomic mass is 16.3. The van der Waals surface area contributed by atoms with Gasteiger partial charge in [0.05, 0.1) is 11.6 Å². The summed E-state index contributed by atoms with van der Waals surface area (Å²) in [5.74, 6) is -1.02. The van der Waals surface area contributed by atoms with Gasteiger partial charge in [-0.2, -0.15) is 5.26 Å². The molecule has 1 amide bonds. The van der Waals surface area contributed by atoms with E-state index < -0.39 is 24.3 Å². The summed E-state index contributed by atoms with van der Waals surface area (Å²) in [7, 11) is 0. The summed E-state index contributed by atoms with van der Waals surface area (Å²) in [4.78, 5) is 23.0. The Hall–Kier alpha value is -2.23. The largest absolute Gasteiger partial charge is 0.388 e. The molecule has 6 heteroatoms. The summed E-state index contributed by atoms with van der Waals surface area (Å²) in [6.45, 7) is -0.753. The molecule has 0 bridgehead atoms. The molecule has 1 rings (SSSR count). The monoisotopic (exact) mass is 247 g/mol. The van der Waals surface area contributed by atoms with Crippen LogP contribution in [-0.2, 0) is 4.79 Å². The number of nitriles is 1. The highest BCUT2D eigenvalue weighted by Gasteiger charge is 2.18. The van der Waals surface area contributed by atoms with Gasteiger partial charge in [0.25, 0.3) is 5.91 Å². The highest BCUT2D eigenvalue weighted by Crippen LogP contribution is 2.03. The van der Waals surface area contributed by atoms with Crippen LogP contribution in [0.1, 0.15) is 15.9 Å². The summed E-state index contributed by atoms with van der Waals surface area (Å²) in [6, 6.07) is 6.98. The molecule has 0 fully saturated rings. The molecule has 0 spiro atoms. The molecule has 0 heterocycles. The fourth-order valence-electron chi connectivity index (χ4n) is 1.32. The fraction of sp³-hybridized carbons (Fsp3) is 0.250. The number of nitrogens with two attached hydrogens (primary N) is 1. The minimum absolute atomic E-state index is 0.0819. The van der Waals surface area contributed by atoms with Crippen LogP contribution in [0.2, 0.25) is 0 Å². The quantitative estimate of drug-likeness (QED) is 0.628. The van der Waals surface area contributed by atoms with Crippen LogP contribution in [0.4, 0.5) is 0 Å². The zero-order valence-corrected chi connectivity index (χ0v) is 9.59. The maximum absolute atomic E-state index is 11.8. The third kappa shape index (κ3) is 3.38. The standard InChI is InChI=1S/C12H13N3O3/c13-5-8-1-3-9(4-2-8)12(18)15-10(6-14)11(17)7-16/h1-4,10,16H,6-7,14H2,(H,15,18)/t10-/m0/s1. The van der Waals surface area contributed by atoms with Crippen molar-refractivity contribution < 1.29 is 14.7 Å². The van der Waals surface area contributed by atoms with Crippen molar-refractivity contribution in [3.8, 4) is 6.07 Å². The van der Waals surface area contributed by atoms with Crippen LogP contribution in [0.5, 0.6) is 0 Å². The molecule has 4 N–H and O–H groups in total. The van der Waals surface area contributed by atoms with Crippen LogP contribution in [-0.4, -0.2) is 36.0 Å². The second-order valence-electron chi connectivity index (χ2n) is 3.58. The molecule has 1 aromatic rings. The number of carbonyl (C=O) groups is 2. The van der Waals surface area contributed by atoms with Gasteiger partial charge >= 0.3 is 0 Å². The Morgan fingerprint density at radius 3 is 2.44 bits per heavy atom. The van der Waals surface area contributed by atoms with Crippen molar-refractivity contribution in [2.24, 2.45) is 5.73 Å². The first-order valence-electron chi connectivity index (χ1n) is 5.27. The lowest BCUT2D eigenvalue weighted by atomic mass is 10.1. The van der Waals surface area contributed by atoms with E-state index in [2.05, 4.69) is 5.32 Å². The molecular formula is C12H13N3O3. The summed E-state index contributed by atoms with van der Waals surface area (Å²) >= 11 is 0. The van der Waals surface area contributed by atoms with E-state index in [0.717, 1.165) is 0 Å². The molecule has 0 aliphatic heterocycles. The van der Waals surface area contributed by atoms with Crippen LogP contribution in [0.3, 0.4) is 0 Å². The Kier molecular flexibility index (Phi) is 4.99. The van der Waals surface area contributed by atoms with Crippen molar-refractivity contribution in [3.05, 3.63) is 35.4 Å². The van der Waals surface area contributed by atoms with Gasteiger partial charge in [-0.15, -0.1) is 0 Å². The van der Waals surface area contributed by atoms with E-state index in [0.29, 0.717) is 11.1 Å². The minimum atomic E-state index is -0.904. The molecule has 94 valence electrons. The second kappa shape index (κ2) is 6.49. The second-order valence-corrected chi connectivity index (χ2v) is 3.58. The van der Waals surface area contributed by atoms with Crippen molar-refractivity contribution in [2.75, 3.05) is 13.2 Å². The van der Waals surface area contributed by atoms with Crippen molar-refractivity contribution in [1.29, 1.82) is 5.26 Å². The van der Waals surface area contributed by atoms with E-state index in [4.69, 9.17) is 16.1 Å². The van der Waals surface area contributed by atoms with E-state index >= 15 is 0 Å². The molecular weight excluding hydrogens is 234 g/mol. The number of aliphatic hydroxyl groups is 1. The van der Waals surface area contributed by atoms with Gasteiger partial charge in [-0.3, -0.25) is 9.59 Å². The van der Waals surface area contributed by atoms with Crippen LogP contribution in [0, 0.1) is 11.3 Å². The normalized spacial score (nSPS) is 11.4. The average molecular weight is 247 g/mol. The molecule has 0 aliphatic carbocycles. The lowest BCUT2D eigenvalue weighted by Crippen LogP contribution is -2.46. The molecule has 0 aliphatic rings. The van der Waals surface area contributed by atoms with Gasteiger partial charge in [-0.05, 0) is 24.3 Å². The highest BCUT2D eigenvalue weighted by molar-refractivity contribution is 5.98. The lowest BCUT2D eigenvalue weighted by molar-refractivity contribution is -0.123. The number of carbonyl (C=O) groups excluding carboxylic acids is 2. The smallest absolute Gasteiger partial charge is 0.251 e. The van der Waals surface area contributed by atoms with Gasteiger partial charge < -0.3 is 16.2 Å². The van der Waals surface area contributed by atoms with E-state index in [1.807, 2.05) is 6.07 Å². The maximum atomic E-state index is 11.8. The zero-order valence-electron chi connectivity index (χ0n) is 9.59. The summed E-state index contributed by atoms with van der Waals surface area (Å²) in [6.07, 6.45) is 0. The maximum Gasteiger partial charge on any atom is 0.251 e. The van der Waals surface area contributed by atoms with Gasteiger partial charge in [0.1, 0.15) is 12.6 Å². The van der Waals surface area contributed by atoms with E-state index in [9.17, 15) is 9.59 Å². The molecule has 18 heavy (non-hydrogen) atoms. The molecule has 6 nitrogen and oxygen atoms in total. The molecule has 1 aromatic carbocycles. The van der Waals surface area contributed by atoms with Crippen LogP contribution in [0.15, 0.2) is 24.3 Å². The Labute approximate surface area is 104 Å². The SMILES string of the molecule is N#Cc1ccc(C(=O)N[C@@H](CN)C(=O)CO)cc1. The average Bonchev–Trinajstić information content (AvgIpc) is 2.43. The first-order valence-corrected chi connectivity index (χ1v) is 5.27. The Morgan fingerprint density at radius 1 is 1.39 bits per heavy atom. The number of Topliss-reactive ketones (excluding diaryl/α,β-unsaturated/α-hetero) is 1. The summed E-state index contributed by atoms with van der Waals surface area (Å²) < 4.78 is 0. The number of aliphatic hydroxyl groups excluding tert-OH is 1. The number of hydrogen-bond donors (Lipinski definition) is 3. The topological polar surface area (TPSA) is 116 Å². The van der Waals surface area contributed by atoms with Gasteiger partial charge in [0.15, 0.2) is 5.78 Å². The fourth-order valence-corrected chi connectivity index (χ4v) is 1.32. The molecule has 0 saturated carbocycles. The van der Waals surface area contributed by atoms with E-state index in [1.165, 1.54) is 24.3 Å². The first kappa shape index (κ1) is 13.8. The van der Waals surface area contributed by atoms with Crippen LogP contribution < -0.4 is 11.1 Å². The minimum Gasteiger partial charge on any atom is -0.388 e. The van der Waals surface area contributed by atoms with Crippen LogP contribution in [0.25, 0.3) is 0 Å². The molecule has 0 aromatic heterocycles. The Morgan fingerprint density at radius 2 is 2.00 bits per heavy atom. The van der Waals surface area contributed by atoms with Crippen molar-refractivity contribution in [3.63, 3.8) is 0 Å². The van der Waals surface area contributed by atoms with Gasteiger partial charge in [-0.1, -0.05) is 0 Å².